The molecule has 1 unspecified atom stereocenters. The maximum Gasteiger partial charge on any atom is 0.0566 e. The van der Waals surface area contributed by atoms with E-state index in [0.717, 1.165) is 0 Å². The Morgan fingerprint density at radius 3 is 2.15 bits per heavy atom. The Hall–Kier alpha value is -1.60. The van der Waals surface area contributed by atoms with Crippen LogP contribution in [0.5, 0.6) is 0 Å². The minimum atomic E-state index is -1.24. The van der Waals surface area contributed by atoms with Gasteiger partial charge in [0.1, 0.15) is 0 Å². The maximum atomic E-state index is 2.52. The van der Waals surface area contributed by atoms with Crippen LogP contribution < -0.4 is 0 Å². The molecule has 102 valence electrons. The van der Waals surface area contributed by atoms with Gasteiger partial charge in [-0.1, -0.05) is 79.8 Å². The predicted octanol–water partition coefficient (Wildman–Crippen LogP) is 5.40. The summed E-state index contributed by atoms with van der Waals surface area (Å²) in [5.41, 5.74) is 7.69. The van der Waals surface area contributed by atoms with Crippen LogP contribution in [0.1, 0.15) is 27.8 Å². The highest BCUT2D eigenvalue weighted by molar-refractivity contribution is 6.78. The van der Waals surface area contributed by atoms with Crippen molar-refractivity contribution in [1.82, 2.24) is 0 Å². The van der Waals surface area contributed by atoms with E-state index < -0.39 is 8.07 Å². The second kappa shape index (κ2) is 4.74. The number of hydrogen-bond acceptors (Lipinski definition) is 0. The van der Waals surface area contributed by atoms with E-state index in [0.29, 0.717) is 5.54 Å². The van der Waals surface area contributed by atoms with Crippen molar-refractivity contribution in [2.45, 2.75) is 32.1 Å². The first kappa shape index (κ1) is 13.4. The fourth-order valence-corrected chi connectivity index (χ4v) is 4.91. The molecule has 0 fully saturated rings. The van der Waals surface area contributed by atoms with Crippen molar-refractivity contribution in [3.05, 3.63) is 76.9 Å². The molecule has 3 rings (SSSR count). The van der Waals surface area contributed by atoms with Crippen molar-refractivity contribution in [2.24, 2.45) is 0 Å². The third-order valence-corrected chi connectivity index (χ3v) is 6.56. The Balaban J connectivity index is 2.14. The third-order valence-electron chi connectivity index (χ3n) is 4.21. The van der Waals surface area contributed by atoms with Crippen LogP contribution in [0.4, 0.5) is 0 Å². The highest BCUT2D eigenvalue weighted by Crippen LogP contribution is 2.43. The molecule has 0 saturated carbocycles. The molecule has 0 aliphatic heterocycles. The summed E-state index contributed by atoms with van der Waals surface area (Å²) >= 11 is 0. The number of hydrogen-bond donors (Lipinski definition) is 0. The second-order valence-corrected chi connectivity index (χ2v) is 12.2. The van der Waals surface area contributed by atoms with Crippen molar-refractivity contribution in [3.63, 3.8) is 0 Å². The molecule has 0 amide bonds. The minimum absolute atomic E-state index is 0.634. The van der Waals surface area contributed by atoms with Crippen molar-refractivity contribution in [2.75, 3.05) is 0 Å². The highest BCUT2D eigenvalue weighted by Gasteiger charge is 2.33. The Morgan fingerprint density at radius 2 is 1.50 bits per heavy atom. The molecule has 0 aromatic heterocycles. The Morgan fingerprint density at radius 1 is 0.850 bits per heavy atom. The zero-order valence-corrected chi connectivity index (χ0v) is 13.8. The number of benzene rings is 2. The fraction of sp³-hybridized carbons (Fsp3) is 0.263. The quantitative estimate of drug-likeness (QED) is 0.645. The first-order chi connectivity index (χ1) is 9.47. The lowest BCUT2D eigenvalue weighted by Gasteiger charge is -2.24. The lowest BCUT2D eigenvalue weighted by molar-refractivity contribution is 1.16. The molecule has 0 N–H and O–H groups in total. The largest absolute Gasteiger partial charge is 0.0712 e. The number of fused-ring (bicyclic) bond motifs is 1. The molecule has 0 spiro atoms. The summed E-state index contributed by atoms with van der Waals surface area (Å²) in [5.74, 6) is 0. The molecule has 1 heteroatoms. The van der Waals surface area contributed by atoms with E-state index in [1.54, 1.807) is 0 Å². The molecule has 1 atom stereocenters. The van der Waals surface area contributed by atoms with Gasteiger partial charge in [-0.3, -0.25) is 0 Å². The van der Waals surface area contributed by atoms with Gasteiger partial charge in [0.25, 0.3) is 0 Å². The highest BCUT2D eigenvalue weighted by atomic mass is 28.3. The molecule has 20 heavy (non-hydrogen) atoms. The smallest absolute Gasteiger partial charge is 0.0566 e. The van der Waals surface area contributed by atoms with E-state index in [4.69, 9.17) is 0 Å². The molecule has 0 radical (unpaired) electrons. The fourth-order valence-electron chi connectivity index (χ4n) is 3.06. The van der Waals surface area contributed by atoms with Crippen molar-refractivity contribution < 1.29 is 0 Å². The van der Waals surface area contributed by atoms with Crippen LogP contribution in [-0.4, -0.2) is 8.07 Å². The summed E-state index contributed by atoms with van der Waals surface area (Å²) in [6.07, 6.45) is 2.52. The van der Waals surface area contributed by atoms with Crippen LogP contribution in [0.25, 0.3) is 5.57 Å². The Bertz CT molecular complexity index is 657. The monoisotopic (exact) mass is 278 g/mol. The maximum absolute atomic E-state index is 2.52. The number of allylic oxidation sites excluding steroid dienone is 1. The van der Waals surface area contributed by atoms with Gasteiger partial charge in [-0.15, -0.1) is 0 Å². The van der Waals surface area contributed by atoms with Gasteiger partial charge in [0, 0.05) is 0 Å². The molecular formula is C19H22Si. The molecule has 2 aromatic carbocycles. The van der Waals surface area contributed by atoms with Crippen LogP contribution in [0.15, 0.2) is 54.6 Å². The normalized spacial score (nSPS) is 17.8. The molecule has 0 heterocycles. The van der Waals surface area contributed by atoms with Crippen molar-refractivity contribution in [1.29, 1.82) is 0 Å². The van der Waals surface area contributed by atoms with Crippen LogP contribution in [0.3, 0.4) is 0 Å². The summed E-state index contributed by atoms with van der Waals surface area (Å²) in [6, 6.07) is 17.9. The van der Waals surface area contributed by atoms with E-state index in [1.165, 1.54) is 27.8 Å². The zero-order valence-electron chi connectivity index (χ0n) is 12.8. The van der Waals surface area contributed by atoms with Crippen molar-refractivity contribution >= 4 is 13.6 Å². The minimum Gasteiger partial charge on any atom is -0.0712 e. The number of aryl methyl sites for hydroxylation is 1. The summed E-state index contributed by atoms with van der Waals surface area (Å²) in [7, 11) is -1.24. The molecule has 0 nitrogen and oxygen atoms in total. The van der Waals surface area contributed by atoms with Crippen LogP contribution in [0, 0.1) is 6.92 Å². The molecule has 1 aliphatic carbocycles. The molecule has 0 bridgehead atoms. The van der Waals surface area contributed by atoms with Gasteiger partial charge in [-0.05, 0) is 34.7 Å². The van der Waals surface area contributed by atoms with E-state index in [2.05, 4.69) is 81.2 Å². The number of rotatable bonds is 2. The standard InChI is InChI=1S/C19H22Si/c1-14-9-11-15(12-10-14)18-13-19(20(2,3)4)17-8-6-5-7-16(17)18/h5-13,19H,1-4H3. The summed E-state index contributed by atoms with van der Waals surface area (Å²) < 4.78 is 0. The zero-order chi connectivity index (χ0) is 14.3. The van der Waals surface area contributed by atoms with E-state index in [-0.39, 0.29) is 0 Å². The second-order valence-electron chi connectivity index (χ2n) is 6.88. The van der Waals surface area contributed by atoms with E-state index in [9.17, 15) is 0 Å². The summed E-state index contributed by atoms with van der Waals surface area (Å²) in [4.78, 5) is 0. The van der Waals surface area contributed by atoms with E-state index >= 15 is 0 Å². The lowest BCUT2D eigenvalue weighted by Crippen LogP contribution is -2.28. The van der Waals surface area contributed by atoms with Gasteiger partial charge >= 0.3 is 0 Å². The first-order valence-electron chi connectivity index (χ1n) is 7.35. The van der Waals surface area contributed by atoms with Crippen molar-refractivity contribution in [3.8, 4) is 0 Å². The average Bonchev–Trinajstić information content (AvgIpc) is 2.79. The first-order valence-corrected chi connectivity index (χ1v) is 10.9. The van der Waals surface area contributed by atoms with Crippen LogP contribution >= 0.6 is 0 Å². The lowest BCUT2D eigenvalue weighted by atomic mass is 9.98. The van der Waals surface area contributed by atoms with Crippen LogP contribution in [-0.2, 0) is 0 Å². The van der Waals surface area contributed by atoms with E-state index in [1.807, 2.05) is 0 Å². The van der Waals surface area contributed by atoms with Gasteiger partial charge in [-0.25, -0.2) is 0 Å². The average molecular weight is 278 g/mol. The summed E-state index contributed by atoms with van der Waals surface area (Å²) in [5, 5.41) is 0. The molecule has 1 aliphatic rings. The topological polar surface area (TPSA) is 0 Å². The van der Waals surface area contributed by atoms with Gasteiger partial charge in [-0.2, -0.15) is 0 Å². The van der Waals surface area contributed by atoms with Gasteiger partial charge in [0.15, 0.2) is 0 Å². The van der Waals surface area contributed by atoms with Crippen LogP contribution in [0.2, 0.25) is 19.6 Å². The molecule has 0 saturated heterocycles. The van der Waals surface area contributed by atoms with Gasteiger partial charge in [0.05, 0.1) is 8.07 Å². The third kappa shape index (κ3) is 2.27. The SMILES string of the molecule is Cc1ccc(C2=CC([Si](C)(C)C)c3ccccc32)cc1. The Labute approximate surface area is 123 Å². The summed E-state index contributed by atoms with van der Waals surface area (Å²) in [6.45, 7) is 9.53. The molecular weight excluding hydrogens is 256 g/mol. The van der Waals surface area contributed by atoms with Gasteiger partial charge in [0.2, 0.25) is 0 Å². The van der Waals surface area contributed by atoms with Gasteiger partial charge < -0.3 is 0 Å². The predicted molar refractivity (Wildman–Crippen MR) is 90.8 cm³/mol. The Kier molecular flexibility index (Phi) is 3.18. The molecule has 2 aromatic rings.